The second-order valence-corrected chi connectivity index (χ2v) is 10.8. The molecule has 5 aromatic rings. The summed E-state index contributed by atoms with van der Waals surface area (Å²) in [6, 6.07) is 24.1. The molecule has 2 aromatic heterocycles. The maximum Gasteiger partial charge on any atom is 0.227 e. The third-order valence-electron chi connectivity index (χ3n) is 7.88. The normalized spacial score (nSPS) is 13.5. The minimum absolute atomic E-state index is 0.150. The Bertz CT molecular complexity index is 1660. The Morgan fingerprint density at radius 1 is 1.00 bits per heavy atom. The highest BCUT2D eigenvalue weighted by Gasteiger charge is 2.27. The van der Waals surface area contributed by atoms with Crippen LogP contribution in [0.15, 0.2) is 85.2 Å². The SMILES string of the molecule is COc1ccc(-c2nc(-c3ccncc3)nn2CCN(C(=O)Cc2cccc3ccccc23)C2CCCC2)cc1Cl. The van der Waals surface area contributed by atoms with Gasteiger partial charge in [-0.1, -0.05) is 66.9 Å². The van der Waals surface area contributed by atoms with Gasteiger partial charge in [0.05, 0.1) is 25.1 Å². The van der Waals surface area contributed by atoms with Gasteiger partial charge < -0.3 is 9.64 Å². The molecule has 7 nitrogen and oxygen atoms in total. The molecule has 41 heavy (non-hydrogen) atoms. The summed E-state index contributed by atoms with van der Waals surface area (Å²) in [6.45, 7) is 1.05. The van der Waals surface area contributed by atoms with Crippen molar-refractivity contribution >= 4 is 28.3 Å². The predicted octanol–water partition coefficient (Wildman–Crippen LogP) is 6.84. The molecule has 0 unspecified atom stereocenters. The molecule has 8 heteroatoms. The van der Waals surface area contributed by atoms with Crippen molar-refractivity contribution in [3.05, 3.63) is 95.8 Å². The van der Waals surface area contributed by atoms with Crippen LogP contribution in [0.1, 0.15) is 31.2 Å². The van der Waals surface area contributed by atoms with Gasteiger partial charge in [-0.25, -0.2) is 9.67 Å². The number of carbonyl (C=O) groups is 1. The zero-order valence-corrected chi connectivity index (χ0v) is 23.8. The zero-order valence-electron chi connectivity index (χ0n) is 23.0. The van der Waals surface area contributed by atoms with E-state index in [-0.39, 0.29) is 11.9 Å². The Morgan fingerprint density at radius 2 is 1.78 bits per heavy atom. The summed E-state index contributed by atoms with van der Waals surface area (Å²) in [5, 5.41) is 7.66. The molecule has 3 aromatic carbocycles. The van der Waals surface area contributed by atoms with Crippen LogP contribution in [0.2, 0.25) is 5.02 Å². The van der Waals surface area contributed by atoms with Gasteiger partial charge in [-0.2, -0.15) is 5.10 Å². The average molecular weight is 566 g/mol. The van der Waals surface area contributed by atoms with Crippen molar-refractivity contribution in [3.63, 3.8) is 0 Å². The molecular weight excluding hydrogens is 534 g/mol. The maximum atomic E-state index is 13.9. The second-order valence-electron chi connectivity index (χ2n) is 10.4. The molecule has 1 aliphatic carbocycles. The number of halogens is 1. The highest BCUT2D eigenvalue weighted by atomic mass is 35.5. The van der Waals surface area contributed by atoms with Crippen LogP contribution in [0.5, 0.6) is 5.75 Å². The molecule has 6 rings (SSSR count). The molecule has 0 atom stereocenters. The van der Waals surface area contributed by atoms with E-state index in [9.17, 15) is 4.79 Å². The van der Waals surface area contributed by atoms with E-state index in [0.29, 0.717) is 41.9 Å². The number of fused-ring (bicyclic) bond motifs is 1. The van der Waals surface area contributed by atoms with Crippen LogP contribution in [-0.2, 0) is 17.8 Å². The van der Waals surface area contributed by atoms with E-state index in [1.807, 2.05) is 53.2 Å². The monoisotopic (exact) mass is 565 g/mol. The van der Waals surface area contributed by atoms with Gasteiger partial charge >= 0.3 is 0 Å². The summed E-state index contributed by atoms with van der Waals surface area (Å²) in [4.78, 5) is 25.0. The largest absolute Gasteiger partial charge is 0.495 e. The lowest BCUT2D eigenvalue weighted by atomic mass is 10.0. The Labute approximate surface area is 244 Å². The second kappa shape index (κ2) is 12.1. The third-order valence-corrected chi connectivity index (χ3v) is 8.18. The number of benzene rings is 3. The number of rotatable bonds is 9. The van der Waals surface area contributed by atoms with Gasteiger partial charge in [-0.05, 0) is 59.5 Å². The average Bonchev–Trinajstić information content (AvgIpc) is 3.69. The van der Waals surface area contributed by atoms with Crippen molar-refractivity contribution < 1.29 is 9.53 Å². The summed E-state index contributed by atoms with van der Waals surface area (Å²) in [5.74, 6) is 2.04. The fourth-order valence-electron chi connectivity index (χ4n) is 5.78. The van der Waals surface area contributed by atoms with Crippen LogP contribution in [0.3, 0.4) is 0 Å². The van der Waals surface area contributed by atoms with Crippen LogP contribution < -0.4 is 4.74 Å². The van der Waals surface area contributed by atoms with Crippen LogP contribution in [0.25, 0.3) is 33.5 Å². The van der Waals surface area contributed by atoms with Gasteiger partial charge in [0.1, 0.15) is 5.75 Å². The quantitative estimate of drug-likeness (QED) is 0.196. The van der Waals surface area contributed by atoms with E-state index in [2.05, 4.69) is 34.1 Å². The first-order chi connectivity index (χ1) is 20.1. The van der Waals surface area contributed by atoms with Gasteiger partial charge in [0.2, 0.25) is 5.91 Å². The Kier molecular flexibility index (Phi) is 7.96. The molecule has 0 radical (unpaired) electrons. The highest BCUT2D eigenvalue weighted by molar-refractivity contribution is 6.32. The standard InChI is InChI=1S/C33H32ClN5O2/c1-41-30-14-13-26(21-29(30)34)33-36-32(24-15-17-35-18-16-24)37-39(33)20-19-38(27-10-3-4-11-27)31(40)22-25-9-6-8-23-7-2-5-12-28(23)25/h2,5-9,12-18,21,27H,3-4,10-11,19-20,22H2,1H3. The maximum absolute atomic E-state index is 13.9. The summed E-state index contributed by atoms with van der Waals surface area (Å²) < 4.78 is 7.24. The molecule has 1 saturated carbocycles. The molecular formula is C33H32ClN5O2. The number of aromatic nitrogens is 4. The first-order valence-electron chi connectivity index (χ1n) is 14.1. The van der Waals surface area contributed by atoms with Crippen molar-refractivity contribution in [1.29, 1.82) is 0 Å². The minimum Gasteiger partial charge on any atom is -0.495 e. The fourth-order valence-corrected chi connectivity index (χ4v) is 6.04. The lowest BCUT2D eigenvalue weighted by Gasteiger charge is -2.29. The third kappa shape index (κ3) is 5.81. The zero-order chi connectivity index (χ0) is 28.2. The van der Waals surface area contributed by atoms with Crippen molar-refractivity contribution in [2.45, 2.75) is 44.7 Å². The van der Waals surface area contributed by atoms with E-state index >= 15 is 0 Å². The van der Waals surface area contributed by atoms with Crippen molar-refractivity contribution in [2.75, 3.05) is 13.7 Å². The van der Waals surface area contributed by atoms with E-state index < -0.39 is 0 Å². The van der Waals surface area contributed by atoms with Crippen LogP contribution in [-0.4, -0.2) is 50.3 Å². The summed E-state index contributed by atoms with van der Waals surface area (Å²) in [6.07, 6.45) is 8.19. The first-order valence-corrected chi connectivity index (χ1v) is 14.4. The van der Waals surface area contributed by atoms with Gasteiger partial charge in [0, 0.05) is 36.1 Å². The first kappa shape index (κ1) is 27.0. The summed E-state index contributed by atoms with van der Waals surface area (Å²) >= 11 is 6.49. The Balaban J connectivity index is 1.30. The predicted molar refractivity (Wildman–Crippen MR) is 162 cm³/mol. The lowest BCUT2D eigenvalue weighted by Crippen LogP contribution is -2.42. The number of ether oxygens (including phenoxy) is 1. The molecule has 0 N–H and O–H groups in total. The molecule has 0 spiro atoms. The Morgan fingerprint density at radius 3 is 2.56 bits per heavy atom. The number of nitrogens with zero attached hydrogens (tertiary/aromatic N) is 5. The van der Waals surface area contributed by atoms with E-state index in [1.54, 1.807) is 19.5 Å². The fraction of sp³-hybridized carbons (Fsp3) is 0.273. The smallest absolute Gasteiger partial charge is 0.227 e. The van der Waals surface area contributed by atoms with Gasteiger partial charge in [0.25, 0.3) is 0 Å². The van der Waals surface area contributed by atoms with Crippen LogP contribution in [0.4, 0.5) is 0 Å². The number of amides is 1. The van der Waals surface area contributed by atoms with Crippen LogP contribution >= 0.6 is 11.6 Å². The van der Waals surface area contributed by atoms with Gasteiger partial charge in [-0.3, -0.25) is 9.78 Å². The molecule has 208 valence electrons. The lowest BCUT2D eigenvalue weighted by molar-refractivity contribution is -0.132. The topological polar surface area (TPSA) is 73.1 Å². The molecule has 2 heterocycles. The molecule has 0 saturated heterocycles. The summed E-state index contributed by atoms with van der Waals surface area (Å²) in [7, 11) is 1.60. The number of carbonyl (C=O) groups excluding carboxylic acids is 1. The number of pyridine rings is 1. The number of methoxy groups -OCH3 is 1. The molecule has 1 aliphatic rings. The minimum atomic E-state index is 0.150. The van der Waals surface area contributed by atoms with Crippen LogP contribution in [0, 0.1) is 0 Å². The number of hydrogen-bond donors (Lipinski definition) is 0. The highest BCUT2D eigenvalue weighted by Crippen LogP contribution is 2.31. The summed E-state index contributed by atoms with van der Waals surface area (Å²) in [5.41, 5.74) is 2.77. The van der Waals surface area contributed by atoms with E-state index in [0.717, 1.165) is 53.1 Å². The molecule has 0 aliphatic heterocycles. The van der Waals surface area contributed by atoms with Gasteiger partial charge in [-0.15, -0.1) is 0 Å². The van der Waals surface area contributed by atoms with E-state index in [1.165, 1.54) is 0 Å². The Hall–Kier alpha value is -4.23. The van der Waals surface area contributed by atoms with Gasteiger partial charge in [0.15, 0.2) is 11.6 Å². The molecule has 1 amide bonds. The van der Waals surface area contributed by atoms with Crippen molar-refractivity contribution in [2.24, 2.45) is 0 Å². The van der Waals surface area contributed by atoms with Crippen molar-refractivity contribution in [1.82, 2.24) is 24.6 Å². The van der Waals surface area contributed by atoms with Crippen molar-refractivity contribution in [3.8, 4) is 28.5 Å². The molecule has 1 fully saturated rings. The van der Waals surface area contributed by atoms with E-state index in [4.69, 9.17) is 26.4 Å². The number of hydrogen-bond acceptors (Lipinski definition) is 5. The molecule has 0 bridgehead atoms.